The van der Waals surface area contributed by atoms with Gasteiger partial charge in [-0.15, -0.1) is 0 Å². The number of hydrogen-bond donors (Lipinski definition) is 1. The van der Waals surface area contributed by atoms with Crippen molar-refractivity contribution in [1.82, 2.24) is 9.62 Å². The van der Waals surface area contributed by atoms with Gasteiger partial charge < -0.3 is 14.2 Å². The van der Waals surface area contributed by atoms with Gasteiger partial charge in [-0.2, -0.15) is 0 Å². The van der Waals surface area contributed by atoms with Crippen molar-refractivity contribution < 1.29 is 32.2 Å². The fraction of sp³-hybridized carbons (Fsp3) is 0.286. The molecule has 200 valence electrons. The summed E-state index contributed by atoms with van der Waals surface area (Å²) in [6.45, 7) is 2.15. The largest absolute Gasteiger partial charge is 0.482 e. The van der Waals surface area contributed by atoms with Crippen LogP contribution in [-0.4, -0.2) is 51.7 Å². The van der Waals surface area contributed by atoms with E-state index < -0.39 is 28.1 Å². The first-order chi connectivity index (χ1) is 18.4. The van der Waals surface area contributed by atoms with Crippen LogP contribution in [0.4, 0.5) is 4.79 Å². The first kappa shape index (κ1) is 27.2. The molecular formula is C28H30N2O7S. The summed E-state index contributed by atoms with van der Waals surface area (Å²) >= 11 is 0. The molecule has 1 aliphatic heterocycles. The highest BCUT2D eigenvalue weighted by molar-refractivity contribution is 7.89. The van der Waals surface area contributed by atoms with E-state index in [1.54, 1.807) is 43.3 Å². The third kappa shape index (κ3) is 6.90. The lowest BCUT2D eigenvalue weighted by molar-refractivity contribution is -0.145. The molecule has 0 saturated carbocycles. The van der Waals surface area contributed by atoms with Gasteiger partial charge in [-0.05, 0) is 54.3 Å². The molecule has 1 atom stereocenters. The van der Waals surface area contributed by atoms with Crippen molar-refractivity contribution in [3.05, 3.63) is 95.6 Å². The Bertz CT molecular complexity index is 1350. The number of carbonyl (C=O) groups is 2. The lowest BCUT2D eigenvalue weighted by atomic mass is 9.92. The van der Waals surface area contributed by atoms with Crippen molar-refractivity contribution in [2.24, 2.45) is 0 Å². The van der Waals surface area contributed by atoms with E-state index in [2.05, 4.69) is 4.72 Å². The van der Waals surface area contributed by atoms with Crippen LogP contribution >= 0.6 is 0 Å². The molecule has 1 heterocycles. The first-order valence-corrected chi connectivity index (χ1v) is 13.8. The number of amides is 1. The van der Waals surface area contributed by atoms with E-state index in [0.717, 1.165) is 16.7 Å². The topological polar surface area (TPSA) is 111 Å². The molecule has 0 aromatic heterocycles. The van der Waals surface area contributed by atoms with Crippen molar-refractivity contribution in [2.45, 2.75) is 30.9 Å². The second-order valence-corrected chi connectivity index (χ2v) is 10.4. The maximum absolute atomic E-state index is 13.1. The third-order valence-electron chi connectivity index (χ3n) is 6.09. The Morgan fingerprint density at radius 1 is 0.974 bits per heavy atom. The molecule has 0 saturated heterocycles. The highest BCUT2D eigenvalue weighted by atomic mass is 32.2. The van der Waals surface area contributed by atoms with E-state index in [4.69, 9.17) is 14.2 Å². The zero-order chi connectivity index (χ0) is 27.0. The second kappa shape index (κ2) is 12.6. The molecular weight excluding hydrogens is 508 g/mol. The zero-order valence-corrected chi connectivity index (χ0v) is 21.9. The van der Waals surface area contributed by atoms with Crippen molar-refractivity contribution in [3.8, 4) is 5.75 Å². The van der Waals surface area contributed by atoms with Gasteiger partial charge in [0.15, 0.2) is 6.61 Å². The molecule has 38 heavy (non-hydrogen) atoms. The third-order valence-corrected chi connectivity index (χ3v) is 7.53. The molecule has 0 radical (unpaired) electrons. The number of nitrogens with one attached hydrogen (secondary N) is 1. The van der Waals surface area contributed by atoms with E-state index >= 15 is 0 Å². The molecule has 1 N–H and O–H groups in total. The first-order valence-electron chi connectivity index (χ1n) is 12.3. The van der Waals surface area contributed by atoms with Gasteiger partial charge >= 0.3 is 12.1 Å². The minimum atomic E-state index is -3.80. The normalized spacial score (nSPS) is 14.9. The monoisotopic (exact) mass is 538 g/mol. The number of fused-ring (bicyclic) bond motifs is 1. The predicted octanol–water partition coefficient (Wildman–Crippen LogP) is 3.84. The van der Waals surface area contributed by atoms with E-state index in [1.807, 2.05) is 30.3 Å². The molecule has 3 aromatic rings. The van der Waals surface area contributed by atoms with Crippen LogP contribution in [0.5, 0.6) is 5.75 Å². The smallest absolute Gasteiger partial charge is 0.410 e. The van der Waals surface area contributed by atoms with Crippen molar-refractivity contribution in [3.63, 3.8) is 0 Å². The van der Waals surface area contributed by atoms with E-state index in [0.29, 0.717) is 18.7 Å². The molecule has 1 unspecified atom stereocenters. The molecule has 0 spiro atoms. The van der Waals surface area contributed by atoms with Crippen LogP contribution in [0.3, 0.4) is 0 Å². The summed E-state index contributed by atoms with van der Waals surface area (Å²) in [5.41, 5.74) is 2.51. The van der Waals surface area contributed by atoms with Gasteiger partial charge in [0.25, 0.3) is 0 Å². The highest BCUT2D eigenvalue weighted by Crippen LogP contribution is 2.33. The van der Waals surface area contributed by atoms with Crippen molar-refractivity contribution in [2.75, 3.05) is 26.3 Å². The van der Waals surface area contributed by atoms with Crippen LogP contribution in [0.1, 0.15) is 29.7 Å². The van der Waals surface area contributed by atoms with Gasteiger partial charge in [0, 0.05) is 13.1 Å². The summed E-state index contributed by atoms with van der Waals surface area (Å²) in [5.74, 6) is 0.0197. The lowest BCUT2D eigenvalue weighted by Gasteiger charge is -2.36. The number of esters is 1. The van der Waals surface area contributed by atoms with Crippen LogP contribution in [0.2, 0.25) is 0 Å². The number of ether oxygens (including phenoxy) is 3. The lowest BCUT2D eigenvalue weighted by Crippen LogP contribution is -2.45. The Labute approximate surface area is 222 Å². The number of sulfonamides is 1. The van der Waals surface area contributed by atoms with E-state index in [1.165, 1.54) is 17.0 Å². The van der Waals surface area contributed by atoms with Gasteiger partial charge in [0.1, 0.15) is 12.4 Å². The van der Waals surface area contributed by atoms with Crippen LogP contribution in [0.15, 0.2) is 83.8 Å². The quantitative estimate of drug-likeness (QED) is 0.391. The molecule has 1 amide bonds. The summed E-state index contributed by atoms with van der Waals surface area (Å²) in [6.07, 6.45) is -0.0278. The highest BCUT2D eigenvalue weighted by Gasteiger charge is 2.33. The van der Waals surface area contributed by atoms with Gasteiger partial charge in [0.2, 0.25) is 10.0 Å². The van der Waals surface area contributed by atoms with Crippen LogP contribution < -0.4 is 9.46 Å². The molecule has 0 fully saturated rings. The molecule has 1 aliphatic rings. The average molecular weight is 539 g/mol. The Kier molecular flexibility index (Phi) is 8.98. The SMILES string of the molecule is CCOC(=O)COc1ccc2c(c1)CCN(C(=O)OCc1ccccc1)C2CNS(=O)(=O)c1ccccc1. The summed E-state index contributed by atoms with van der Waals surface area (Å²) in [4.78, 5) is 26.5. The standard InChI is InChI=1S/C28H30N2O7S/c1-2-35-27(31)20-36-23-13-14-25-22(17-23)15-16-30(28(32)37-19-21-9-5-3-6-10-21)26(25)18-29-38(33,34)24-11-7-4-8-12-24/h3-14,17,26,29H,2,15-16,18-20H2,1H3. The molecule has 0 bridgehead atoms. The Morgan fingerprint density at radius 2 is 1.68 bits per heavy atom. The molecule has 3 aromatic carbocycles. The number of benzene rings is 3. The predicted molar refractivity (Wildman–Crippen MR) is 140 cm³/mol. The van der Waals surface area contributed by atoms with Gasteiger partial charge in [-0.25, -0.2) is 22.7 Å². The summed E-state index contributed by atoms with van der Waals surface area (Å²) in [7, 11) is -3.80. The van der Waals surface area contributed by atoms with Crippen molar-refractivity contribution in [1.29, 1.82) is 0 Å². The second-order valence-electron chi connectivity index (χ2n) is 8.62. The Morgan fingerprint density at radius 3 is 2.39 bits per heavy atom. The fourth-order valence-corrected chi connectivity index (χ4v) is 5.29. The summed E-state index contributed by atoms with van der Waals surface area (Å²) in [6, 6.07) is 22.1. The van der Waals surface area contributed by atoms with Gasteiger partial charge in [-0.3, -0.25) is 4.90 Å². The molecule has 0 aliphatic carbocycles. The maximum Gasteiger partial charge on any atom is 0.410 e. The summed E-state index contributed by atoms with van der Waals surface area (Å²) < 4.78 is 44.5. The average Bonchev–Trinajstić information content (AvgIpc) is 2.94. The number of nitrogens with zero attached hydrogens (tertiary/aromatic N) is 1. The fourth-order valence-electron chi connectivity index (χ4n) is 4.24. The van der Waals surface area contributed by atoms with Crippen molar-refractivity contribution >= 4 is 22.1 Å². The molecule has 10 heteroatoms. The summed E-state index contributed by atoms with van der Waals surface area (Å²) in [5, 5.41) is 0. The molecule has 4 rings (SSSR count). The Balaban J connectivity index is 1.54. The van der Waals surface area contributed by atoms with Gasteiger partial charge in [0.05, 0.1) is 17.5 Å². The minimum Gasteiger partial charge on any atom is -0.482 e. The van der Waals surface area contributed by atoms with E-state index in [9.17, 15) is 18.0 Å². The Hall–Kier alpha value is -3.89. The zero-order valence-electron chi connectivity index (χ0n) is 21.0. The number of rotatable bonds is 10. The molecule has 9 nitrogen and oxygen atoms in total. The van der Waals surface area contributed by atoms with Crippen LogP contribution in [-0.2, 0) is 37.3 Å². The van der Waals surface area contributed by atoms with E-state index in [-0.39, 0.29) is 31.3 Å². The minimum absolute atomic E-state index is 0.0479. The number of carbonyl (C=O) groups excluding carboxylic acids is 2. The van der Waals surface area contributed by atoms with Crippen LogP contribution in [0.25, 0.3) is 0 Å². The number of hydrogen-bond acceptors (Lipinski definition) is 7. The van der Waals surface area contributed by atoms with Gasteiger partial charge in [-0.1, -0.05) is 54.6 Å². The van der Waals surface area contributed by atoms with Crippen LogP contribution in [0, 0.1) is 0 Å². The maximum atomic E-state index is 13.1.